The Labute approximate surface area is 112 Å². The van der Waals surface area contributed by atoms with Gasteiger partial charge in [-0.25, -0.2) is 4.39 Å². The summed E-state index contributed by atoms with van der Waals surface area (Å²) in [4.78, 5) is 0. The van der Waals surface area contributed by atoms with Crippen LogP contribution < -0.4 is 5.32 Å². The summed E-state index contributed by atoms with van der Waals surface area (Å²) in [5.41, 5.74) is 1.66. The molecule has 0 aliphatic carbocycles. The van der Waals surface area contributed by atoms with Crippen molar-refractivity contribution in [2.24, 2.45) is 0 Å². The topological polar surface area (TPSA) is 12.0 Å². The van der Waals surface area contributed by atoms with Crippen LogP contribution in [-0.2, 0) is 0 Å². The van der Waals surface area contributed by atoms with Crippen molar-refractivity contribution in [3.8, 4) is 0 Å². The molecule has 94 valence electrons. The highest BCUT2D eigenvalue weighted by Gasteiger charge is 2.16. The van der Waals surface area contributed by atoms with Gasteiger partial charge in [-0.05, 0) is 30.3 Å². The Morgan fingerprint density at radius 1 is 1.11 bits per heavy atom. The quantitative estimate of drug-likeness (QED) is 0.873. The van der Waals surface area contributed by atoms with Crippen LogP contribution in [0.2, 0.25) is 5.02 Å². The van der Waals surface area contributed by atoms with E-state index in [0.29, 0.717) is 10.6 Å². The fraction of sp³-hybridized carbons (Fsp3) is 0.200. The number of hydrogen-bond acceptors (Lipinski definition) is 1. The standard InChI is InChI=1S/C15H15ClFN/c1-2-18-15(11-7-9-12(16)10-8-11)13-5-3-4-6-14(13)17/h3-10,15,18H,2H2,1H3. The molecule has 0 saturated carbocycles. The Balaban J connectivity index is 2.40. The van der Waals surface area contributed by atoms with E-state index >= 15 is 0 Å². The molecule has 1 nitrogen and oxygen atoms in total. The summed E-state index contributed by atoms with van der Waals surface area (Å²) >= 11 is 5.88. The van der Waals surface area contributed by atoms with E-state index in [-0.39, 0.29) is 11.9 Å². The lowest BCUT2D eigenvalue weighted by molar-refractivity contribution is 0.559. The average molecular weight is 264 g/mol. The van der Waals surface area contributed by atoms with Crippen LogP contribution in [0.25, 0.3) is 0 Å². The molecule has 1 unspecified atom stereocenters. The summed E-state index contributed by atoms with van der Waals surface area (Å²) < 4.78 is 13.9. The second kappa shape index (κ2) is 5.98. The molecule has 0 radical (unpaired) electrons. The van der Waals surface area contributed by atoms with Gasteiger partial charge >= 0.3 is 0 Å². The molecule has 2 aromatic rings. The van der Waals surface area contributed by atoms with E-state index in [0.717, 1.165) is 12.1 Å². The normalized spacial score (nSPS) is 12.4. The first-order chi connectivity index (χ1) is 8.72. The summed E-state index contributed by atoms with van der Waals surface area (Å²) in [7, 11) is 0. The van der Waals surface area contributed by atoms with Gasteiger partial charge in [0, 0.05) is 10.6 Å². The number of rotatable bonds is 4. The first-order valence-corrected chi connectivity index (χ1v) is 6.33. The molecule has 0 bridgehead atoms. The van der Waals surface area contributed by atoms with Crippen LogP contribution in [0, 0.1) is 5.82 Å². The van der Waals surface area contributed by atoms with E-state index in [1.165, 1.54) is 6.07 Å². The highest BCUT2D eigenvalue weighted by Crippen LogP contribution is 2.25. The maximum absolute atomic E-state index is 13.9. The van der Waals surface area contributed by atoms with Gasteiger partial charge in [-0.2, -0.15) is 0 Å². The summed E-state index contributed by atoms with van der Waals surface area (Å²) in [6, 6.07) is 14.2. The number of halogens is 2. The minimum absolute atomic E-state index is 0.145. The van der Waals surface area contributed by atoms with Gasteiger partial charge in [0.05, 0.1) is 6.04 Å². The van der Waals surface area contributed by atoms with Crippen LogP contribution in [-0.4, -0.2) is 6.54 Å². The minimum Gasteiger partial charge on any atom is -0.306 e. The van der Waals surface area contributed by atoms with Crippen molar-refractivity contribution in [3.05, 3.63) is 70.5 Å². The molecule has 3 heteroatoms. The molecule has 1 atom stereocenters. The third-order valence-corrected chi connectivity index (χ3v) is 3.08. The van der Waals surface area contributed by atoms with Gasteiger partial charge < -0.3 is 5.32 Å². The molecule has 1 N–H and O–H groups in total. The molecule has 18 heavy (non-hydrogen) atoms. The Kier molecular flexibility index (Phi) is 4.34. The largest absolute Gasteiger partial charge is 0.306 e. The van der Waals surface area contributed by atoms with Gasteiger partial charge in [0.25, 0.3) is 0 Å². The number of hydrogen-bond donors (Lipinski definition) is 1. The fourth-order valence-corrected chi connectivity index (χ4v) is 2.10. The Morgan fingerprint density at radius 3 is 2.39 bits per heavy atom. The van der Waals surface area contributed by atoms with Gasteiger partial charge in [0.2, 0.25) is 0 Å². The number of nitrogens with one attached hydrogen (secondary N) is 1. The van der Waals surface area contributed by atoms with E-state index in [1.54, 1.807) is 12.1 Å². The van der Waals surface area contributed by atoms with Crippen LogP contribution in [0.4, 0.5) is 4.39 Å². The second-order valence-electron chi connectivity index (χ2n) is 4.06. The van der Waals surface area contributed by atoms with Crippen molar-refractivity contribution in [2.75, 3.05) is 6.54 Å². The fourth-order valence-electron chi connectivity index (χ4n) is 1.98. The zero-order valence-electron chi connectivity index (χ0n) is 10.2. The van der Waals surface area contributed by atoms with Gasteiger partial charge in [-0.15, -0.1) is 0 Å². The molecule has 0 aliphatic heterocycles. The first kappa shape index (κ1) is 13.1. The molecule has 0 fully saturated rings. The maximum Gasteiger partial charge on any atom is 0.128 e. The van der Waals surface area contributed by atoms with Gasteiger partial charge in [-0.3, -0.25) is 0 Å². The Morgan fingerprint density at radius 2 is 1.78 bits per heavy atom. The molecule has 0 aliphatic rings. The van der Waals surface area contributed by atoms with Crippen molar-refractivity contribution >= 4 is 11.6 Å². The summed E-state index contributed by atoms with van der Waals surface area (Å²) in [5, 5.41) is 3.98. The van der Waals surface area contributed by atoms with E-state index in [9.17, 15) is 4.39 Å². The summed E-state index contributed by atoms with van der Waals surface area (Å²) in [6.45, 7) is 2.77. The van der Waals surface area contributed by atoms with Crippen LogP contribution in [0.5, 0.6) is 0 Å². The Bertz CT molecular complexity index is 510. The van der Waals surface area contributed by atoms with Crippen molar-refractivity contribution in [3.63, 3.8) is 0 Å². The lowest BCUT2D eigenvalue weighted by Gasteiger charge is -2.19. The van der Waals surface area contributed by atoms with Crippen molar-refractivity contribution in [1.82, 2.24) is 5.32 Å². The second-order valence-corrected chi connectivity index (χ2v) is 4.50. The van der Waals surface area contributed by atoms with Gasteiger partial charge in [-0.1, -0.05) is 48.9 Å². The molecular weight excluding hydrogens is 249 g/mol. The minimum atomic E-state index is -0.196. The van der Waals surface area contributed by atoms with Crippen LogP contribution in [0.1, 0.15) is 24.1 Å². The molecular formula is C15H15ClFN. The molecule has 2 aromatic carbocycles. The smallest absolute Gasteiger partial charge is 0.128 e. The molecule has 0 heterocycles. The maximum atomic E-state index is 13.9. The highest BCUT2D eigenvalue weighted by molar-refractivity contribution is 6.30. The molecule has 0 amide bonds. The van der Waals surface area contributed by atoms with E-state index in [1.807, 2.05) is 37.3 Å². The van der Waals surface area contributed by atoms with E-state index < -0.39 is 0 Å². The average Bonchev–Trinajstić information content (AvgIpc) is 2.38. The van der Waals surface area contributed by atoms with Crippen LogP contribution in [0.15, 0.2) is 48.5 Å². The summed E-state index contributed by atoms with van der Waals surface area (Å²) in [6.07, 6.45) is 0. The zero-order valence-corrected chi connectivity index (χ0v) is 10.9. The van der Waals surface area contributed by atoms with Crippen molar-refractivity contribution < 1.29 is 4.39 Å². The molecule has 0 spiro atoms. The molecule has 2 rings (SSSR count). The number of benzene rings is 2. The SMILES string of the molecule is CCNC(c1ccc(Cl)cc1)c1ccccc1F. The monoisotopic (exact) mass is 263 g/mol. The van der Waals surface area contributed by atoms with Crippen LogP contribution in [0.3, 0.4) is 0 Å². The Hall–Kier alpha value is -1.38. The van der Waals surface area contributed by atoms with Gasteiger partial charge in [0.1, 0.15) is 5.82 Å². The molecule has 0 saturated heterocycles. The molecule has 0 aromatic heterocycles. The highest BCUT2D eigenvalue weighted by atomic mass is 35.5. The lowest BCUT2D eigenvalue weighted by atomic mass is 9.98. The lowest BCUT2D eigenvalue weighted by Crippen LogP contribution is -2.22. The first-order valence-electron chi connectivity index (χ1n) is 5.95. The summed E-state index contributed by atoms with van der Waals surface area (Å²) in [5.74, 6) is -0.196. The third kappa shape index (κ3) is 2.89. The van der Waals surface area contributed by atoms with Crippen LogP contribution >= 0.6 is 11.6 Å². The van der Waals surface area contributed by atoms with Gasteiger partial charge in [0.15, 0.2) is 0 Å². The predicted molar refractivity (Wildman–Crippen MR) is 73.4 cm³/mol. The third-order valence-electron chi connectivity index (χ3n) is 2.83. The predicted octanol–water partition coefficient (Wildman–Crippen LogP) is 4.18. The van der Waals surface area contributed by atoms with E-state index in [4.69, 9.17) is 11.6 Å². The zero-order chi connectivity index (χ0) is 13.0. The van der Waals surface area contributed by atoms with E-state index in [2.05, 4.69) is 5.32 Å². The van der Waals surface area contributed by atoms with Crippen molar-refractivity contribution in [2.45, 2.75) is 13.0 Å². The van der Waals surface area contributed by atoms with Crippen molar-refractivity contribution in [1.29, 1.82) is 0 Å².